The van der Waals surface area contributed by atoms with Crippen molar-refractivity contribution in [2.24, 2.45) is 0 Å². The number of carbonyl (C=O) groups is 1. The molecule has 0 spiro atoms. The zero-order chi connectivity index (χ0) is 15.4. The zero-order valence-corrected chi connectivity index (χ0v) is 12.4. The lowest BCUT2D eigenvalue weighted by Gasteiger charge is -2.20. The maximum atomic E-state index is 11.8. The molecule has 2 aromatic rings. The van der Waals surface area contributed by atoms with Gasteiger partial charge in [0.25, 0.3) is 0 Å². The van der Waals surface area contributed by atoms with E-state index in [4.69, 9.17) is 5.73 Å². The third-order valence-corrected chi connectivity index (χ3v) is 3.03. The highest BCUT2D eigenvalue weighted by Crippen LogP contribution is 2.20. The number of hydrogen-bond donors (Lipinski definition) is 1. The number of aromatic nitrogens is 2. The van der Waals surface area contributed by atoms with Gasteiger partial charge in [0, 0.05) is 32.8 Å². The lowest BCUT2D eigenvalue weighted by Crippen LogP contribution is -2.34. The van der Waals surface area contributed by atoms with Crippen molar-refractivity contribution in [2.75, 3.05) is 38.3 Å². The Bertz CT molecular complexity index is 627. The van der Waals surface area contributed by atoms with Crippen molar-refractivity contribution in [3.63, 3.8) is 0 Å². The maximum Gasteiger partial charge on any atom is 0.241 e. The normalized spacial score (nSPS) is 10.2. The standard InChI is InChI=1S/C15H19N5O/c1-19(2)14(21)10-20(3)13-9-12(16)17-15(18-13)11-7-5-4-6-8-11/h4-9H,10H2,1-3H3,(H2,16,17,18). The van der Waals surface area contributed by atoms with Crippen molar-refractivity contribution in [3.05, 3.63) is 36.4 Å². The molecule has 1 aromatic carbocycles. The topological polar surface area (TPSA) is 75.4 Å². The molecule has 6 nitrogen and oxygen atoms in total. The first-order valence-electron chi connectivity index (χ1n) is 6.58. The summed E-state index contributed by atoms with van der Waals surface area (Å²) in [6.07, 6.45) is 0. The Morgan fingerprint density at radius 1 is 1.14 bits per heavy atom. The number of nitrogen functional groups attached to an aromatic ring is 1. The molecular formula is C15H19N5O. The monoisotopic (exact) mass is 285 g/mol. The molecule has 0 saturated heterocycles. The van der Waals surface area contributed by atoms with Crippen molar-refractivity contribution >= 4 is 17.5 Å². The van der Waals surface area contributed by atoms with Crippen LogP contribution in [0.2, 0.25) is 0 Å². The van der Waals surface area contributed by atoms with E-state index in [1.165, 1.54) is 0 Å². The second kappa shape index (κ2) is 6.21. The summed E-state index contributed by atoms with van der Waals surface area (Å²) in [4.78, 5) is 23.8. The van der Waals surface area contributed by atoms with E-state index in [-0.39, 0.29) is 12.5 Å². The highest BCUT2D eigenvalue weighted by atomic mass is 16.2. The fourth-order valence-electron chi connectivity index (χ4n) is 1.79. The third-order valence-electron chi connectivity index (χ3n) is 3.03. The van der Waals surface area contributed by atoms with Gasteiger partial charge in [-0.15, -0.1) is 0 Å². The van der Waals surface area contributed by atoms with Crippen LogP contribution in [0.4, 0.5) is 11.6 Å². The van der Waals surface area contributed by atoms with E-state index in [2.05, 4.69) is 9.97 Å². The van der Waals surface area contributed by atoms with Gasteiger partial charge >= 0.3 is 0 Å². The van der Waals surface area contributed by atoms with E-state index in [9.17, 15) is 4.79 Å². The number of amides is 1. The summed E-state index contributed by atoms with van der Waals surface area (Å²) in [6, 6.07) is 11.3. The van der Waals surface area contributed by atoms with Crippen LogP contribution in [-0.4, -0.2) is 48.5 Å². The Morgan fingerprint density at radius 2 is 1.81 bits per heavy atom. The van der Waals surface area contributed by atoms with Crippen molar-refractivity contribution in [2.45, 2.75) is 0 Å². The minimum Gasteiger partial charge on any atom is -0.384 e. The molecule has 1 amide bonds. The molecule has 0 bridgehead atoms. The summed E-state index contributed by atoms with van der Waals surface area (Å²) in [5.41, 5.74) is 6.74. The molecule has 0 unspecified atom stereocenters. The fourth-order valence-corrected chi connectivity index (χ4v) is 1.79. The van der Waals surface area contributed by atoms with Gasteiger partial charge in [0.05, 0.1) is 6.54 Å². The van der Waals surface area contributed by atoms with Crippen LogP contribution in [-0.2, 0) is 4.79 Å². The van der Waals surface area contributed by atoms with Crippen molar-refractivity contribution in [3.8, 4) is 11.4 Å². The van der Waals surface area contributed by atoms with E-state index in [0.29, 0.717) is 17.5 Å². The molecule has 0 saturated carbocycles. The Kier molecular flexibility index (Phi) is 4.37. The summed E-state index contributed by atoms with van der Waals surface area (Å²) < 4.78 is 0. The molecule has 1 aromatic heterocycles. The van der Waals surface area contributed by atoms with Crippen molar-refractivity contribution < 1.29 is 4.79 Å². The van der Waals surface area contributed by atoms with Gasteiger partial charge in [-0.1, -0.05) is 30.3 Å². The van der Waals surface area contributed by atoms with Crippen LogP contribution in [0.15, 0.2) is 36.4 Å². The molecule has 0 aliphatic heterocycles. The van der Waals surface area contributed by atoms with Crippen molar-refractivity contribution in [1.82, 2.24) is 14.9 Å². The molecule has 0 aliphatic rings. The van der Waals surface area contributed by atoms with E-state index < -0.39 is 0 Å². The van der Waals surface area contributed by atoms with Gasteiger partial charge in [0.2, 0.25) is 5.91 Å². The SMILES string of the molecule is CN(C)C(=O)CN(C)c1cc(N)nc(-c2ccccc2)n1. The number of carbonyl (C=O) groups excluding carboxylic acids is 1. The second-order valence-electron chi connectivity index (χ2n) is 4.98. The number of likely N-dealkylation sites (N-methyl/N-ethyl adjacent to an activating group) is 2. The Labute approximate surface area is 124 Å². The summed E-state index contributed by atoms with van der Waals surface area (Å²) in [7, 11) is 5.25. The van der Waals surface area contributed by atoms with Gasteiger partial charge in [0.1, 0.15) is 11.6 Å². The average molecular weight is 285 g/mol. The first-order valence-corrected chi connectivity index (χ1v) is 6.58. The first kappa shape index (κ1) is 14.8. The molecule has 2 rings (SSSR count). The second-order valence-corrected chi connectivity index (χ2v) is 4.98. The van der Waals surface area contributed by atoms with Crippen LogP contribution in [0.25, 0.3) is 11.4 Å². The zero-order valence-electron chi connectivity index (χ0n) is 12.4. The van der Waals surface area contributed by atoms with Crippen LogP contribution in [0.3, 0.4) is 0 Å². The number of nitrogens with zero attached hydrogens (tertiary/aromatic N) is 4. The highest BCUT2D eigenvalue weighted by Gasteiger charge is 2.13. The molecular weight excluding hydrogens is 266 g/mol. The summed E-state index contributed by atoms with van der Waals surface area (Å²) >= 11 is 0. The number of anilines is 2. The summed E-state index contributed by atoms with van der Waals surface area (Å²) in [6.45, 7) is 0.234. The predicted molar refractivity (Wildman–Crippen MR) is 83.8 cm³/mol. The highest BCUT2D eigenvalue weighted by molar-refractivity contribution is 5.80. The molecule has 21 heavy (non-hydrogen) atoms. The lowest BCUT2D eigenvalue weighted by atomic mass is 10.2. The molecule has 0 fully saturated rings. The average Bonchev–Trinajstić information content (AvgIpc) is 2.47. The van der Waals surface area contributed by atoms with Crippen LogP contribution in [0.1, 0.15) is 0 Å². The Balaban J connectivity index is 2.29. The Hall–Kier alpha value is -2.63. The van der Waals surface area contributed by atoms with Gasteiger partial charge in [0.15, 0.2) is 5.82 Å². The number of nitrogens with two attached hydrogens (primary N) is 1. The van der Waals surface area contributed by atoms with Gasteiger partial charge in [-0.05, 0) is 0 Å². The molecule has 0 radical (unpaired) electrons. The quantitative estimate of drug-likeness (QED) is 0.915. The molecule has 2 N–H and O–H groups in total. The van der Waals surface area contributed by atoms with Crippen LogP contribution >= 0.6 is 0 Å². The third kappa shape index (κ3) is 3.68. The molecule has 0 aliphatic carbocycles. The van der Waals surface area contributed by atoms with Crippen molar-refractivity contribution in [1.29, 1.82) is 0 Å². The van der Waals surface area contributed by atoms with E-state index in [1.54, 1.807) is 37.0 Å². The fraction of sp³-hybridized carbons (Fsp3) is 0.267. The predicted octanol–water partition coefficient (Wildman–Crippen LogP) is 1.25. The smallest absolute Gasteiger partial charge is 0.241 e. The van der Waals surface area contributed by atoms with E-state index in [0.717, 1.165) is 5.56 Å². The van der Waals surface area contributed by atoms with Crippen LogP contribution in [0, 0.1) is 0 Å². The maximum absolute atomic E-state index is 11.8. The largest absolute Gasteiger partial charge is 0.384 e. The lowest BCUT2D eigenvalue weighted by molar-refractivity contribution is -0.127. The van der Waals surface area contributed by atoms with Gasteiger partial charge in [-0.25, -0.2) is 9.97 Å². The Morgan fingerprint density at radius 3 is 2.43 bits per heavy atom. The molecule has 1 heterocycles. The summed E-state index contributed by atoms with van der Waals surface area (Å²) in [5.74, 6) is 1.55. The minimum atomic E-state index is -0.00375. The van der Waals surface area contributed by atoms with Gasteiger partial charge in [-0.3, -0.25) is 4.79 Å². The number of benzene rings is 1. The van der Waals surface area contributed by atoms with E-state index in [1.807, 2.05) is 30.3 Å². The first-order chi connectivity index (χ1) is 9.97. The number of hydrogen-bond acceptors (Lipinski definition) is 5. The molecule has 110 valence electrons. The summed E-state index contributed by atoms with van der Waals surface area (Å²) in [5, 5.41) is 0. The molecule has 6 heteroatoms. The minimum absolute atomic E-state index is 0.00375. The van der Waals surface area contributed by atoms with Crippen LogP contribution in [0.5, 0.6) is 0 Å². The van der Waals surface area contributed by atoms with E-state index >= 15 is 0 Å². The number of rotatable bonds is 4. The van der Waals surface area contributed by atoms with Gasteiger partial charge in [-0.2, -0.15) is 0 Å². The van der Waals surface area contributed by atoms with Crippen LogP contribution < -0.4 is 10.6 Å². The van der Waals surface area contributed by atoms with Gasteiger partial charge < -0.3 is 15.5 Å². The molecule has 0 atom stereocenters.